The number of fused-ring (bicyclic) bond motifs is 1. The van der Waals surface area contributed by atoms with Gasteiger partial charge in [0.15, 0.2) is 11.6 Å². The maximum absolute atomic E-state index is 14.5. The highest BCUT2D eigenvalue weighted by atomic mass is 19.2. The van der Waals surface area contributed by atoms with Crippen LogP contribution in [0.5, 0.6) is 5.75 Å². The van der Waals surface area contributed by atoms with Crippen LogP contribution in [0.25, 0.3) is 28.0 Å². The summed E-state index contributed by atoms with van der Waals surface area (Å²) >= 11 is 0. The third-order valence-electron chi connectivity index (χ3n) is 6.35. The molecule has 9 nitrogen and oxygen atoms in total. The summed E-state index contributed by atoms with van der Waals surface area (Å²) in [6.45, 7) is 3.72. The van der Waals surface area contributed by atoms with Crippen LogP contribution in [0.15, 0.2) is 30.3 Å². The summed E-state index contributed by atoms with van der Waals surface area (Å²) in [5.74, 6) is -2.54. The smallest absolute Gasteiger partial charge is 0.255 e. The number of methoxy groups -OCH3 is 1. The average molecular weight is 509 g/mol. The minimum Gasteiger partial charge on any atom is -0.497 e. The molecule has 0 saturated heterocycles. The number of nitrogens with zero attached hydrogens (tertiary/aromatic N) is 6. The van der Waals surface area contributed by atoms with Gasteiger partial charge in [-0.2, -0.15) is 24.8 Å². The van der Waals surface area contributed by atoms with E-state index in [0.29, 0.717) is 27.9 Å². The number of hydrogen-bond acceptors (Lipinski definition) is 7. The molecule has 190 valence electrons. The number of ether oxygens (including phenoxy) is 1. The lowest BCUT2D eigenvalue weighted by Crippen LogP contribution is -2.11. The normalized spacial score (nSPS) is 11.4. The number of halogens is 3. The third-order valence-corrected chi connectivity index (χ3v) is 6.35. The van der Waals surface area contributed by atoms with E-state index in [1.165, 1.54) is 11.8 Å². The number of rotatable bonds is 5. The minimum absolute atomic E-state index is 0.0551. The fraction of sp³-hybridized carbons (Fsp3) is 0.200. The highest BCUT2D eigenvalue weighted by Crippen LogP contribution is 2.35. The first-order chi connectivity index (χ1) is 17.6. The first-order valence-electron chi connectivity index (χ1n) is 11.2. The molecule has 0 aliphatic heterocycles. The van der Waals surface area contributed by atoms with Gasteiger partial charge in [0.05, 0.1) is 29.6 Å². The van der Waals surface area contributed by atoms with Crippen molar-refractivity contribution in [1.29, 1.82) is 0 Å². The van der Waals surface area contributed by atoms with Gasteiger partial charge in [0, 0.05) is 35.7 Å². The van der Waals surface area contributed by atoms with Crippen molar-refractivity contribution >= 4 is 22.5 Å². The Morgan fingerprint density at radius 1 is 0.919 bits per heavy atom. The summed E-state index contributed by atoms with van der Waals surface area (Å²) in [7, 11) is 3.30. The summed E-state index contributed by atoms with van der Waals surface area (Å²) in [5.41, 5.74) is 15.7. The van der Waals surface area contributed by atoms with E-state index in [-0.39, 0.29) is 29.7 Å². The van der Waals surface area contributed by atoms with Crippen molar-refractivity contribution in [3.63, 3.8) is 0 Å². The molecule has 37 heavy (non-hydrogen) atoms. The van der Waals surface area contributed by atoms with Crippen molar-refractivity contribution in [2.45, 2.75) is 20.3 Å². The molecule has 4 N–H and O–H groups in total. The van der Waals surface area contributed by atoms with Crippen LogP contribution in [-0.2, 0) is 13.5 Å². The highest BCUT2D eigenvalue weighted by Gasteiger charge is 2.23. The molecule has 0 bridgehead atoms. The van der Waals surface area contributed by atoms with Crippen LogP contribution in [0.4, 0.5) is 24.8 Å². The van der Waals surface area contributed by atoms with Crippen LogP contribution >= 0.6 is 0 Å². The van der Waals surface area contributed by atoms with Gasteiger partial charge in [-0.25, -0.2) is 13.2 Å². The molecule has 12 heteroatoms. The fourth-order valence-electron chi connectivity index (χ4n) is 4.44. The Bertz CT molecular complexity index is 1670. The monoisotopic (exact) mass is 508 g/mol. The van der Waals surface area contributed by atoms with Gasteiger partial charge in [-0.3, -0.25) is 4.68 Å². The average Bonchev–Trinajstić information content (AvgIpc) is 3.34. The van der Waals surface area contributed by atoms with Crippen molar-refractivity contribution in [2.75, 3.05) is 18.6 Å². The predicted octanol–water partition coefficient (Wildman–Crippen LogP) is 4.01. The van der Waals surface area contributed by atoms with Crippen LogP contribution in [0, 0.1) is 31.3 Å². The summed E-state index contributed by atoms with van der Waals surface area (Å²) < 4.78 is 51.1. The largest absolute Gasteiger partial charge is 0.497 e. The first kappa shape index (κ1) is 24.1. The Kier molecular flexibility index (Phi) is 5.73. The molecule has 0 radical (unpaired) electrons. The molecule has 3 heterocycles. The number of anilines is 2. The Morgan fingerprint density at radius 3 is 2.22 bits per heavy atom. The van der Waals surface area contributed by atoms with Crippen molar-refractivity contribution in [1.82, 2.24) is 29.5 Å². The van der Waals surface area contributed by atoms with Crippen molar-refractivity contribution in [3.05, 3.63) is 70.4 Å². The molecule has 0 spiro atoms. The SMILES string of the molecule is COc1ccc2c(c1)c(Cc1c(F)ccc(F)c1F)nn2-c1nc(N)c(-c2c(C)nn(C)c2C)c(N)n1. The molecule has 0 aliphatic rings. The molecule has 0 aliphatic carbocycles. The van der Waals surface area contributed by atoms with E-state index in [0.717, 1.165) is 23.4 Å². The van der Waals surface area contributed by atoms with E-state index >= 15 is 0 Å². The summed E-state index contributed by atoms with van der Waals surface area (Å²) in [6.07, 6.45) is -0.330. The van der Waals surface area contributed by atoms with Gasteiger partial charge >= 0.3 is 0 Å². The molecule has 0 atom stereocenters. The zero-order chi connectivity index (χ0) is 26.6. The maximum atomic E-state index is 14.5. The van der Waals surface area contributed by atoms with E-state index in [4.69, 9.17) is 16.2 Å². The van der Waals surface area contributed by atoms with Crippen LogP contribution in [0.2, 0.25) is 0 Å². The van der Waals surface area contributed by atoms with Gasteiger partial charge in [-0.1, -0.05) is 0 Å². The zero-order valence-electron chi connectivity index (χ0n) is 20.5. The minimum atomic E-state index is -1.28. The van der Waals surface area contributed by atoms with Crippen molar-refractivity contribution in [2.24, 2.45) is 7.05 Å². The standard InChI is InChI=1S/C25H23F3N8O/c1-11-20(12(2)35(3)33-11)21-23(29)31-25(32-24(21)30)36-19-8-5-13(37-4)9-15(19)18(34-36)10-14-16(26)6-7-17(27)22(14)28/h5-9H,10H2,1-4H3,(H4,29,30,31,32). The molecular weight excluding hydrogens is 485 g/mol. The van der Waals surface area contributed by atoms with Gasteiger partial charge < -0.3 is 16.2 Å². The van der Waals surface area contributed by atoms with Gasteiger partial charge in [0.2, 0.25) is 0 Å². The number of nitrogen functional groups attached to an aromatic ring is 2. The van der Waals surface area contributed by atoms with E-state index in [9.17, 15) is 13.2 Å². The topological polar surface area (TPSA) is 123 Å². The predicted molar refractivity (Wildman–Crippen MR) is 133 cm³/mol. The van der Waals surface area contributed by atoms with E-state index < -0.39 is 23.0 Å². The Balaban J connectivity index is 1.69. The number of benzene rings is 2. The summed E-state index contributed by atoms with van der Waals surface area (Å²) in [6, 6.07) is 6.66. The summed E-state index contributed by atoms with van der Waals surface area (Å²) in [5, 5.41) is 9.43. The Labute approximate surface area is 209 Å². The second-order valence-electron chi connectivity index (χ2n) is 8.58. The molecule has 2 aromatic carbocycles. The van der Waals surface area contributed by atoms with E-state index in [1.54, 1.807) is 22.9 Å². The van der Waals surface area contributed by atoms with E-state index in [1.807, 2.05) is 20.9 Å². The van der Waals surface area contributed by atoms with Crippen LogP contribution in [-0.4, -0.2) is 36.6 Å². The number of aryl methyl sites for hydroxylation is 2. The zero-order valence-corrected chi connectivity index (χ0v) is 20.5. The molecule has 0 unspecified atom stereocenters. The van der Waals surface area contributed by atoms with E-state index in [2.05, 4.69) is 20.2 Å². The molecule has 0 amide bonds. The second kappa shape index (κ2) is 8.80. The maximum Gasteiger partial charge on any atom is 0.255 e. The molecule has 5 aromatic rings. The van der Waals surface area contributed by atoms with Crippen LogP contribution in [0.3, 0.4) is 0 Å². The highest BCUT2D eigenvalue weighted by molar-refractivity contribution is 5.87. The molecule has 0 saturated carbocycles. The molecule has 5 rings (SSSR count). The lowest BCUT2D eigenvalue weighted by Gasteiger charge is -2.11. The summed E-state index contributed by atoms with van der Waals surface area (Å²) in [4.78, 5) is 8.89. The molecular formula is C25H23F3N8O. The second-order valence-corrected chi connectivity index (χ2v) is 8.58. The van der Waals surface area contributed by atoms with Gasteiger partial charge in [0.25, 0.3) is 5.95 Å². The quantitative estimate of drug-likeness (QED) is 0.344. The molecule has 0 fully saturated rings. The van der Waals surface area contributed by atoms with Gasteiger partial charge in [-0.05, 0) is 44.2 Å². The lowest BCUT2D eigenvalue weighted by molar-refractivity contribution is 0.415. The first-order valence-corrected chi connectivity index (χ1v) is 11.2. The number of aromatic nitrogens is 6. The number of nitrogens with two attached hydrogens (primary N) is 2. The van der Waals surface area contributed by atoms with Crippen molar-refractivity contribution in [3.8, 4) is 22.8 Å². The van der Waals surface area contributed by atoms with Crippen molar-refractivity contribution < 1.29 is 17.9 Å². The van der Waals surface area contributed by atoms with Crippen LogP contribution in [0.1, 0.15) is 22.6 Å². The number of hydrogen-bond donors (Lipinski definition) is 2. The van der Waals surface area contributed by atoms with Crippen LogP contribution < -0.4 is 16.2 Å². The Morgan fingerprint density at radius 2 is 1.59 bits per heavy atom. The van der Waals surface area contributed by atoms with Gasteiger partial charge in [-0.15, -0.1) is 0 Å². The third kappa shape index (κ3) is 3.90. The molecule has 3 aromatic heterocycles. The fourth-order valence-corrected chi connectivity index (χ4v) is 4.44. The Hall–Kier alpha value is -4.61. The van der Waals surface area contributed by atoms with Gasteiger partial charge in [0.1, 0.15) is 23.2 Å². The lowest BCUT2D eigenvalue weighted by atomic mass is 10.0.